The molecule has 0 spiro atoms. The highest BCUT2D eigenvalue weighted by Gasteiger charge is 2.25. The van der Waals surface area contributed by atoms with Crippen molar-refractivity contribution in [3.8, 4) is 0 Å². The average molecular weight is 314 g/mol. The number of non-ortho nitro benzene ring substituents is 1. The molecule has 120 valence electrons. The van der Waals surface area contributed by atoms with Crippen LogP contribution in [0.2, 0.25) is 0 Å². The number of anilines is 1. The summed E-state index contributed by atoms with van der Waals surface area (Å²) < 4.78 is 0. The highest BCUT2D eigenvalue weighted by Crippen LogP contribution is 2.38. The number of hydrogen-bond donors (Lipinski definition) is 1. The summed E-state index contributed by atoms with van der Waals surface area (Å²) in [6, 6.07) is 8.33. The first-order valence-electron chi connectivity index (χ1n) is 7.70. The van der Waals surface area contributed by atoms with E-state index >= 15 is 0 Å². The summed E-state index contributed by atoms with van der Waals surface area (Å²) in [4.78, 5) is 24.6. The molecule has 0 radical (unpaired) electrons. The summed E-state index contributed by atoms with van der Waals surface area (Å²) in [5, 5.41) is 21.6. The Balaban J connectivity index is 2.29. The normalized spacial score (nSPS) is 18.1. The van der Waals surface area contributed by atoms with Crippen LogP contribution in [0.25, 0.3) is 10.8 Å². The van der Waals surface area contributed by atoms with Crippen molar-refractivity contribution in [1.82, 2.24) is 0 Å². The first-order chi connectivity index (χ1) is 11.0. The van der Waals surface area contributed by atoms with Gasteiger partial charge in [0, 0.05) is 29.7 Å². The van der Waals surface area contributed by atoms with Crippen LogP contribution < -0.4 is 4.90 Å². The van der Waals surface area contributed by atoms with Crippen LogP contribution >= 0.6 is 0 Å². The molecule has 1 unspecified atom stereocenters. The van der Waals surface area contributed by atoms with Crippen LogP contribution in [-0.4, -0.2) is 28.6 Å². The third-order valence-electron chi connectivity index (χ3n) is 4.54. The molecule has 1 fully saturated rings. The van der Waals surface area contributed by atoms with E-state index in [0.717, 1.165) is 25.1 Å². The van der Waals surface area contributed by atoms with Gasteiger partial charge >= 0.3 is 5.97 Å². The van der Waals surface area contributed by atoms with E-state index in [4.69, 9.17) is 0 Å². The van der Waals surface area contributed by atoms with Crippen LogP contribution in [0.5, 0.6) is 0 Å². The highest BCUT2D eigenvalue weighted by molar-refractivity contribution is 6.11. The molecule has 1 atom stereocenters. The van der Waals surface area contributed by atoms with Crippen LogP contribution in [0.4, 0.5) is 11.4 Å². The van der Waals surface area contributed by atoms with E-state index in [9.17, 15) is 20.0 Å². The summed E-state index contributed by atoms with van der Waals surface area (Å²) in [6.07, 6.45) is 3.31. The molecule has 1 N–H and O–H groups in total. The minimum atomic E-state index is -1.15. The van der Waals surface area contributed by atoms with Gasteiger partial charge in [-0.25, -0.2) is 4.79 Å². The van der Waals surface area contributed by atoms with E-state index in [-0.39, 0.29) is 16.6 Å². The number of fused-ring (bicyclic) bond motifs is 1. The van der Waals surface area contributed by atoms with Gasteiger partial charge in [0.05, 0.1) is 15.9 Å². The molecule has 6 heteroatoms. The van der Waals surface area contributed by atoms with E-state index in [1.807, 2.05) is 0 Å². The maximum Gasteiger partial charge on any atom is 0.336 e. The Bertz CT molecular complexity index is 767. The molecule has 0 aliphatic carbocycles. The highest BCUT2D eigenvalue weighted by atomic mass is 16.6. The molecular weight excluding hydrogens is 296 g/mol. The lowest BCUT2D eigenvalue weighted by Crippen LogP contribution is -2.37. The van der Waals surface area contributed by atoms with Gasteiger partial charge < -0.3 is 10.0 Å². The molecule has 0 amide bonds. The van der Waals surface area contributed by atoms with Gasteiger partial charge in [0.25, 0.3) is 5.69 Å². The molecule has 1 aliphatic heterocycles. The van der Waals surface area contributed by atoms with Crippen molar-refractivity contribution in [2.75, 3.05) is 11.4 Å². The number of rotatable bonds is 3. The number of carbonyl (C=O) groups is 1. The van der Waals surface area contributed by atoms with Crippen molar-refractivity contribution < 1.29 is 14.8 Å². The Morgan fingerprint density at radius 3 is 2.74 bits per heavy atom. The van der Waals surface area contributed by atoms with Crippen LogP contribution in [0.15, 0.2) is 30.3 Å². The first kappa shape index (κ1) is 15.3. The Morgan fingerprint density at radius 2 is 2.09 bits per heavy atom. The summed E-state index contributed by atoms with van der Waals surface area (Å²) in [6.45, 7) is 3.01. The van der Waals surface area contributed by atoms with Crippen LogP contribution in [0.3, 0.4) is 0 Å². The summed E-state index contributed by atoms with van der Waals surface area (Å²) in [7, 11) is 0. The molecule has 6 nitrogen and oxygen atoms in total. The fraction of sp³-hybridized carbons (Fsp3) is 0.353. The molecular formula is C17H18N2O4. The molecule has 0 saturated carbocycles. The van der Waals surface area contributed by atoms with Crippen molar-refractivity contribution in [2.24, 2.45) is 0 Å². The molecule has 0 bridgehead atoms. The number of piperidine rings is 1. The van der Waals surface area contributed by atoms with E-state index < -0.39 is 10.9 Å². The van der Waals surface area contributed by atoms with Gasteiger partial charge in [0.15, 0.2) is 0 Å². The summed E-state index contributed by atoms with van der Waals surface area (Å²) >= 11 is 0. The number of carboxylic acid groups (broad SMARTS) is 1. The maximum atomic E-state index is 11.5. The zero-order valence-electron chi connectivity index (χ0n) is 12.9. The summed E-state index contributed by atoms with van der Waals surface area (Å²) in [5.41, 5.74) is 0.688. The van der Waals surface area contributed by atoms with Gasteiger partial charge in [-0.2, -0.15) is 0 Å². The van der Waals surface area contributed by atoms with Gasteiger partial charge in [-0.05, 0) is 38.3 Å². The quantitative estimate of drug-likeness (QED) is 0.687. The Labute approximate surface area is 133 Å². The minimum Gasteiger partial charge on any atom is -0.478 e. The van der Waals surface area contributed by atoms with Crippen LogP contribution in [-0.2, 0) is 0 Å². The average Bonchev–Trinajstić information content (AvgIpc) is 2.53. The maximum absolute atomic E-state index is 11.5. The van der Waals surface area contributed by atoms with Crippen molar-refractivity contribution in [2.45, 2.75) is 32.2 Å². The summed E-state index contributed by atoms with van der Waals surface area (Å²) in [5.74, 6) is -1.15. The van der Waals surface area contributed by atoms with Crippen molar-refractivity contribution in [1.29, 1.82) is 0 Å². The number of nitrogens with zero attached hydrogens (tertiary/aromatic N) is 2. The monoisotopic (exact) mass is 314 g/mol. The van der Waals surface area contributed by atoms with Gasteiger partial charge in [-0.1, -0.05) is 12.1 Å². The van der Waals surface area contributed by atoms with E-state index in [2.05, 4.69) is 11.8 Å². The number of benzene rings is 2. The SMILES string of the molecule is CC1CCCCN1c1ccc([N+](=O)[O-])c2c(C(=O)O)cccc12. The van der Waals surface area contributed by atoms with Crippen LogP contribution in [0, 0.1) is 10.1 Å². The molecule has 23 heavy (non-hydrogen) atoms. The number of carboxylic acids is 1. The first-order valence-corrected chi connectivity index (χ1v) is 7.70. The Kier molecular flexibility index (Phi) is 3.90. The van der Waals surface area contributed by atoms with Crippen molar-refractivity contribution >= 4 is 28.1 Å². The lowest BCUT2D eigenvalue weighted by Gasteiger charge is -2.36. The van der Waals surface area contributed by atoms with E-state index in [0.29, 0.717) is 11.4 Å². The Morgan fingerprint density at radius 1 is 1.30 bits per heavy atom. The molecule has 1 aliphatic rings. The topological polar surface area (TPSA) is 83.7 Å². The molecule has 3 rings (SSSR count). The second-order valence-corrected chi connectivity index (χ2v) is 5.93. The predicted molar refractivity (Wildman–Crippen MR) is 88.2 cm³/mol. The number of hydrogen-bond acceptors (Lipinski definition) is 4. The lowest BCUT2D eigenvalue weighted by molar-refractivity contribution is -0.383. The smallest absolute Gasteiger partial charge is 0.336 e. The predicted octanol–water partition coefficient (Wildman–Crippen LogP) is 3.83. The van der Waals surface area contributed by atoms with E-state index in [1.54, 1.807) is 18.2 Å². The van der Waals surface area contributed by atoms with Crippen LogP contribution in [0.1, 0.15) is 36.5 Å². The fourth-order valence-corrected chi connectivity index (χ4v) is 3.41. The second-order valence-electron chi connectivity index (χ2n) is 5.93. The van der Waals surface area contributed by atoms with Gasteiger partial charge in [-0.15, -0.1) is 0 Å². The number of nitro groups is 1. The van der Waals surface area contributed by atoms with Gasteiger partial charge in [-0.3, -0.25) is 10.1 Å². The number of nitro benzene ring substituents is 1. The number of aromatic carboxylic acids is 1. The van der Waals surface area contributed by atoms with Gasteiger partial charge in [0.2, 0.25) is 0 Å². The lowest BCUT2D eigenvalue weighted by atomic mass is 9.97. The molecule has 2 aromatic rings. The van der Waals surface area contributed by atoms with E-state index in [1.165, 1.54) is 18.6 Å². The third-order valence-corrected chi connectivity index (χ3v) is 4.54. The zero-order chi connectivity index (χ0) is 16.6. The largest absolute Gasteiger partial charge is 0.478 e. The minimum absolute atomic E-state index is 0.0271. The van der Waals surface area contributed by atoms with Crippen molar-refractivity contribution in [3.05, 3.63) is 46.0 Å². The van der Waals surface area contributed by atoms with Gasteiger partial charge in [0.1, 0.15) is 0 Å². The zero-order valence-corrected chi connectivity index (χ0v) is 12.9. The molecule has 0 aromatic heterocycles. The second kappa shape index (κ2) is 5.87. The standard InChI is InChI=1S/C17H18N2O4/c1-11-5-2-3-10-18(11)14-8-9-15(19(22)23)16-12(14)6-4-7-13(16)17(20)21/h4,6-9,11H,2-3,5,10H2,1H3,(H,20,21). The fourth-order valence-electron chi connectivity index (χ4n) is 3.41. The Hall–Kier alpha value is -2.63. The molecule has 2 aromatic carbocycles. The third kappa shape index (κ3) is 2.60. The van der Waals surface area contributed by atoms with Crippen molar-refractivity contribution in [3.63, 3.8) is 0 Å². The molecule has 1 heterocycles. The molecule has 1 saturated heterocycles.